The molecule has 0 aromatic heterocycles. The highest BCUT2D eigenvalue weighted by Gasteiger charge is 2.27. The summed E-state index contributed by atoms with van der Waals surface area (Å²) < 4.78 is 5.68. The Balaban J connectivity index is 2.97. The van der Waals surface area contributed by atoms with E-state index >= 15 is 0 Å². The maximum Gasteiger partial charge on any atom is 0.311 e. The fraction of sp³-hybridized carbons (Fsp3) is 0.462. The molecule has 0 aliphatic carbocycles. The van der Waals surface area contributed by atoms with Crippen molar-refractivity contribution in [3.63, 3.8) is 0 Å². The Morgan fingerprint density at radius 1 is 1.53 bits per heavy atom. The second-order valence-electron chi connectivity index (χ2n) is 3.99. The SMILES string of the molecule is CCC(C(=O)OC)C(O)c1ccc(Br)c(C)c1. The van der Waals surface area contributed by atoms with Crippen LogP contribution in [0.4, 0.5) is 0 Å². The third kappa shape index (κ3) is 3.30. The summed E-state index contributed by atoms with van der Waals surface area (Å²) in [6.07, 6.45) is -0.276. The van der Waals surface area contributed by atoms with Crippen LogP contribution in [0.25, 0.3) is 0 Å². The number of hydrogen-bond acceptors (Lipinski definition) is 3. The third-order valence-electron chi connectivity index (χ3n) is 2.85. The Morgan fingerprint density at radius 2 is 2.18 bits per heavy atom. The number of carbonyl (C=O) groups is 1. The first-order valence-corrected chi connectivity index (χ1v) is 6.32. The van der Waals surface area contributed by atoms with E-state index in [0.29, 0.717) is 6.42 Å². The molecule has 2 unspecified atom stereocenters. The van der Waals surface area contributed by atoms with Gasteiger partial charge in [0.2, 0.25) is 0 Å². The van der Waals surface area contributed by atoms with E-state index in [1.165, 1.54) is 7.11 Å². The van der Waals surface area contributed by atoms with E-state index in [9.17, 15) is 9.90 Å². The molecule has 0 aliphatic heterocycles. The van der Waals surface area contributed by atoms with Crippen molar-refractivity contribution in [1.29, 1.82) is 0 Å². The lowest BCUT2D eigenvalue weighted by molar-refractivity contribution is -0.149. The molecule has 2 atom stereocenters. The Labute approximate surface area is 110 Å². The molecule has 0 spiro atoms. The molecular weight excluding hydrogens is 284 g/mol. The average Bonchev–Trinajstić information content (AvgIpc) is 2.33. The normalized spacial score (nSPS) is 14.2. The van der Waals surface area contributed by atoms with E-state index in [2.05, 4.69) is 15.9 Å². The maximum absolute atomic E-state index is 11.5. The largest absolute Gasteiger partial charge is 0.469 e. The summed E-state index contributed by atoms with van der Waals surface area (Å²) in [5.74, 6) is -0.888. The standard InChI is InChI=1S/C13H17BrO3/c1-4-10(13(16)17-3)12(15)9-5-6-11(14)8(2)7-9/h5-7,10,12,15H,4H2,1-3H3. The highest BCUT2D eigenvalue weighted by Crippen LogP contribution is 2.28. The van der Waals surface area contributed by atoms with Crippen molar-refractivity contribution in [1.82, 2.24) is 0 Å². The molecule has 1 N–H and O–H groups in total. The van der Waals surface area contributed by atoms with Crippen LogP contribution in [0.1, 0.15) is 30.6 Å². The van der Waals surface area contributed by atoms with Crippen LogP contribution >= 0.6 is 15.9 Å². The monoisotopic (exact) mass is 300 g/mol. The molecule has 0 radical (unpaired) electrons. The van der Waals surface area contributed by atoms with E-state index in [4.69, 9.17) is 4.74 Å². The van der Waals surface area contributed by atoms with Gasteiger partial charge in [0.05, 0.1) is 19.1 Å². The summed E-state index contributed by atoms with van der Waals surface area (Å²) in [6.45, 7) is 3.80. The first-order valence-electron chi connectivity index (χ1n) is 5.53. The van der Waals surface area contributed by atoms with Gasteiger partial charge in [-0.15, -0.1) is 0 Å². The quantitative estimate of drug-likeness (QED) is 0.870. The van der Waals surface area contributed by atoms with Gasteiger partial charge >= 0.3 is 5.97 Å². The van der Waals surface area contributed by atoms with Crippen LogP contribution in [0.3, 0.4) is 0 Å². The molecule has 1 aromatic rings. The molecule has 4 heteroatoms. The van der Waals surface area contributed by atoms with Crippen LogP contribution in [-0.4, -0.2) is 18.2 Å². The summed E-state index contributed by atoms with van der Waals surface area (Å²) in [6, 6.07) is 5.56. The minimum atomic E-state index is -0.820. The molecule has 0 aliphatic rings. The number of methoxy groups -OCH3 is 1. The van der Waals surface area contributed by atoms with Crippen molar-refractivity contribution >= 4 is 21.9 Å². The zero-order valence-electron chi connectivity index (χ0n) is 10.2. The number of hydrogen-bond donors (Lipinski definition) is 1. The first kappa shape index (κ1) is 14.2. The highest BCUT2D eigenvalue weighted by atomic mass is 79.9. The molecule has 0 fully saturated rings. The number of rotatable bonds is 4. The summed E-state index contributed by atoms with van der Waals surface area (Å²) >= 11 is 3.40. The number of aryl methyl sites for hydroxylation is 1. The van der Waals surface area contributed by atoms with E-state index < -0.39 is 12.0 Å². The second kappa shape index (κ2) is 6.17. The Hall–Kier alpha value is -0.870. The smallest absolute Gasteiger partial charge is 0.311 e. The molecule has 0 amide bonds. The van der Waals surface area contributed by atoms with Gasteiger partial charge in [-0.05, 0) is 30.5 Å². The molecule has 94 valence electrons. The molecule has 0 heterocycles. The summed E-state index contributed by atoms with van der Waals surface area (Å²) in [5, 5.41) is 10.2. The predicted octanol–water partition coefficient (Wildman–Crippen LogP) is 2.99. The summed E-state index contributed by atoms with van der Waals surface area (Å²) in [4.78, 5) is 11.5. The molecule has 1 rings (SSSR count). The molecule has 1 aromatic carbocycles. The summed E-state index contributed by atoms with van der Waals surface area (Å²) in [7, 11) is 1.34. The maximum atomic E-state index is 11.5. The van der Waals surface area contributed by atoms with Gasteiger partial charge in [-0.2, -0.15) is 0 Å². The topological polar surface area (TPSA) is 46.5 Å². The molecule has 0 saturated heterocycles. The van der Waals surface area contributed by atoms with Crippen molar-refractivity contribution < 1.29 is 14.6 Å². The Morgan fingerprint density at radius 3 is 2.65 bits per heavy atom. The number of carbonyl (C=O) groups excluding carboxylic acids is 1. The van der Waals surface area contributed by atoms with Crippen LogP contribution in [-0.2, 0) is 9.53 Å². The number of esters is 1. The van der Waals surface area contributed by atoms with Crippen molar-refractivity contribution in [3.8, 4) is 0 Å². The van der Waals surface area contributed by atoms with Gasteiger partial charge < -0.3 is 9.84 Å². The molecule has 17 heavy (non-hydrogen) atoms. The van der Waals surface area contributed by atoms with Crippen LogP contribution in [0, 0.1) is 12.8 Å². The van der Waals surface area contributed by atoms with Gasteiger partial charge in [0, 0.05) is 4.47 Å². The number of aliphatic hydroxyl groups excluding tert-OH is 1. The zero-order chi connectivity index (χ0) is 13.0. The van der Waals surface area contributed by atoms with Crippen molar-refractivity contribution in [2.24, 2.45) is 5.92 Å². The second-order valence-corrected chi connectivity index (χ2v) is 4.85. The molecule has 3 nitrogen and oxygen atoms in total. The van der Waals surface area contributed by atoms with Gasteiger partial charge in [-0.1, -0.05) is 35.0 Å². The van der Waals surface area contributed by atoms with Crippen LogP contribution in [0.5, 0.6) is 0 Å². The lowest BCUT2D eigenvalue weighted by Gasteiger charge is -2.20. The lowest BCUT2D eigenvalue weighted by Crippen LogP contribution is -2.23. The highest BCUT2D eigenvalue weighted by molar-refractivity contribution is 9.10. The number of halogens is 1. The lowest BCUT2D eigenvalue weighted by atomic mass is 9.93. The zero-order valence-corrected chi connectivity index (χ0v) is 11.8. The number of aliphatic hydroxyl groups is 1. The summed E-state index contributed by atoms with van der Waals surface area (Å²) in [5.41, 5.74) is 1.77. The first-order chi connectivity index (χ1) is 8.01. The van der Waals surface area contributed by atoms with E-state index in [1.807, 2.05) is 32.0 Å². The van der Waals surface area contributed by atoms with Crippen molar-refractivity contribution in [3.05, 3.63) is 33.8 Å². The Kier molecular flexibility index (Phi) is 5.15. The Bertz CT molecular complexity index is 404. The van der Waals surface area contributed by atoms with Crippen molar-refractivity contribution in [2.45, 2.75) is 26.4 Å². The fourth-order valence-corrected chi connectivity index (χ4v) is 2.00. The minimum absolute atomic E-state index is 0.374. The van der Waals surface area contributed by atoms with Gasteiger partial charge in [0.25, 0.3) is 0 Å². The third-order valence-corrected chi connectivity index (χ3v) is 3.74. The van der Waals surface area contributed by atoms with Crippen molar-refractivity contribution in [2.75, 3.05) is 7.11 Å². The minimum Gasteiger partial charge on any atom is -0.469 e. The average molecular weight is 301 g/mol. The van der Waals surface area contributed by atoms with Gasteiger partial charge in [0.15, 0.2) is 0 Å². The van der Waals surface area contributed by atoms with Crippen LogP contribution in [0.2, 0.25) is 0 Å². The van der Waals surface area contributed by atoms with Crippen LogP contribution < -0.4 is 0 Å². The van der Waals surface area contributed by atoms with E-state index in [0.717, 1.165) is 15.6 Å². The number of ether oxygens (including phenoxy) is 1. The van der Waals surface area contributed by atoms with Gasteiger partial charge in [-0.3, -0.25) is 4.79 Å². The van der Waals surface area contributed by atoms with E-state index in [-0.39, 0.29) is 5.97 Å². The fourth-order valence-electron chi connectivity index (χ4n) is 1.75. The van der Waals surface area contributed by atoms with Crippen LogP contribution in [0.15, 0.2) is 22.7 Å². The van der Waals surface area contributed by atoms with Gasteiger partial charge in [-0.25, -0.2) is 0 Å². The van der Waals surface area contributed by atoms with Gasteiger partial charge in [0.1, 0.15) is 0 Å². The molecular formula is C13H17BrO3. The molecule has 0 bridgehead atoms. The van der Waals surface area contributed by atoms with E-state index in [1.54, 1.807) is 0 Å². The predicted molar refractivity (Wildman–Crippen MR) is 69.6 cm³/mol. The molecule has 0 saturated carbocycles. The number of benzene rings is 1.